The molecule has 6 nitrogen and oxygen atoms in total. The van der Waals surface area contributed by atoms with Crippen molar-refractivity contribution in [1.82, 2.24) is 15.4 Å². The van der Waals surface area contributed by atoms with Gasteiger partial charge >= 0.3 is 5.91 Å². The zero-order valence-electron chi connectivity index (χ0n) is 9.45. The molecular formula is C11H12ClN5O. The first-order valence-corrected chi connectivity index (χ1v) is 5.09. The number of carbonyl (C=O) groups excluding carboxylic acids is 1. The maximum atomic E-state index is 11.5. The molecule has 0 aromatic carbocycles. The quantitative estimate of drug-likeness (QED) is 0.348. The molecule has 7 heteroatoms. The number of hydrogen-bond acceptors (Lipinski definition) is 3. The SMILES string of the molecule is O=C(C[n+]1ccccc1)N/N=C/c1cnc[nH]1.[Cl-]. The van der Waals surface area contributed by atoms with E-state index in [2.05, 4.69) is 20.5 Å². The fourth-order valence-electron chi connectivity index (χ4n) is 1.25. The molecule has 2 rings (SSSR count). The van der Waals surface area contributed by atoms with Crippen molar-refractivity contribution in [2.75, 3.05) is 0 Å². The van der Waals surface area contributed by atoms with Crippen LogP contribution < -0.4 is 22.4 Å². The van der Waals surface area contributed by atoms with Crippen LogP contribution in [0.2, 0.25) is 0 Å². The second kappa shape index (κ2) is 7.18. The number of hydrazone groups is 1. The molecule has 0 spiro atoms. The van der Waals surface area contributed by atoms with Gasteiger partial charge in [0.05, 0.1) is 24.4 Å². The van der Waals surface area contributed by atoms with Gasteiger partial charge in [-0.3, -0.25) is 4.79 Å². The van der Waals surface area contributed by atoms with Gasteiger partial charge in [0, 0.05) is 12.1 Å². The third-order valence-electron chi connectivity index (χ3n) is 2.02. The first kappa shape index (κ1) is 13.9. The molecule has 2 N–H and O–H groups in total. The lowest BCUT2D eigenvalue weighted by Gasteiger charge is -1.95. The molecule has 0 bridgehead atoms. The van der Waals surface area contributed by atoms with Gasteiger partial charge in [0.2, 0.25) is 6.54 Å². The molecule has 0 atom stereocenters. The smallest absolute Gasteiger partial charge is 0.305 e. The van der Waals surface area contributed by atoms with Gasteiger partial charge in [-0.15, -0.1) is 0 Å². The van der Waals surface area contributed by atoms with Crippen LogP contribution in [0.4, 0.5) is 0 Å². The fourth-order valence-corrected chi connectivity index (χ4v) is 1.25. The lowest BCUT2D eigenvalue weighted by Crippen LogP contribution is -3.00. The maximum absolute atomic E-state index is 11.5. The number of aromatic amines is 1. The Kier molecular flexibility index (Phi) is 5.53. The summed E-state index contributed by atoms with van der Waals surface area (Å²) in [4.78, 5) is 18.1. The summed E-state index contributed by atoms with van der Waals surface area (Å²) in [6, 6.07) is 5.62. The third kappa shape index (κ3) is 4.34. The molecule has 0 aliphatic heterocycles. The Morgan fingerprint density at radius 2 is 2.22 bits per heavy atom. The molecule has 0 unspecified atom stereocenters. The molecule has 1 amide bonds. The zero-order chi connectivity index (χ0) is 11.9. The molecular weight excluding hydrogens is 254 g/mol. The monoisotopic (exact) mass is 265 g/mol. The van der Waals surface area contributed by atoms with Crippen LogP contribution in [0.1, 0.15) is 5.69 Å². The average Bonchev–Trinajstić information content (AvgIpc) is 2.83. The first-order valence-electron chi connectivity index (χ1n) is 5.09. The molecule has 18 heavy (non-hydrogen) atoms. The molecule has 0 saturated heterocycles. The van der Waals surface area contributed by atoms with Crippen molar-refractivity contribution in [3.05, 3.63) is 48.8 Å². The van der Waals surface area contributed by atoms with Crippen LogP contribution >= 0.6 is 0 Å². The second-order valence-electron chi connectivity index (χ2n) is 3.35. The Labute approximate surface area is 110 Å². The van der Waals surface area contributed by atoms with Crippen LogP contribution in [0.3, 0.4) is 0 Å². The Balaban J connectivity index is 0.00000162. The molecule has 0 fully saturated rings. The van der Waals surface area contributed by atoms with Gasteiger partial charge in [-0.05, 0) is 0 Å². The lowest BCUT2D eigenvalue weighted by molar-refractivity contribution is -0.684. The molecule has 0 radical (unpaired) electrons. The predicted octanol–water partition coefficient (Wildman–Crippen LogP) is -3.15. The van der Waals surface area contributed by atoms with Gasteiger partial charge in [0.15, 0.2) is 12.4 Å². The highest BCUT2D eigenvalue weighted by Gasteiger charge is 2.06. The Morgan fingerprint density at radius 3 is 2.89 bits per heavy atom. The van der Waals surface area contributed by atoms with Crippen molar-refractivity contribution in [2.24, 2.45) is 5.10 Å². The number of aromatic nitrogens is 3. The third-order valence-corrected chi connectivity index (χ3v) is 2.02. The number of imidazole rings is 1. The number of nitrogens with one attached hydrogen (secondary N) is 2. The summed E-state index contributed by atoms with van der Waals surface area (Å²) in [6.07, 6.45) is 8.29. The highest BCUT2D eigenvalue weighted by atomic mass is 35.5. The van der Waals surface area contributed by atoms with E-state index in [9.17, 15) is 4.79 Å². The van der Waals surface area contributed by atoms with Crippen LogP contribution in [-0.4, -0.2) is 22.1 Å². The molecule has 94 valence electrons. The minimum atomic E-state index is -0.183. The van der Waals surface area contributed by atoms with Crippen LogP contribution in [0.5, 0.6) is 0 Å². The molecule has 0 aliphatic rings. The van der Waals surface area contributed by atoms with E-state index in [0.29, 0.717) is 0 Å². The fraction of sp³-hybridized carbons (Fsp3) is 0.0909. The van der Waals surface area contributed by atoms with Gasteiger partial charge in [0.1, 0.15) is 0 Å². The number of H-pyrrole nitrogens is 1. The minimum Gasteiger partial charge on any atom is -1.00 e. The van der Waals surface area contributed by atoms with Crippen LogP contribution in [-0.2, 0) is 11.3 Å². The largest absolute Gasteiger partial charge is 1.00 e. The van der Waals surface area contributed by atoms with Gasteiger partial charge in [0.25, 0.3) is 0 Å². The van der Waals surface area contributed by atoms with Crippen LogP contribution in [0.25, 0.3) is 0 Å². The second-order valence-corrected chi connectivity index (χ2v) is 3.35. The molecule has 0 aliphatic carbocycles. The summed E-state index contributed by atoms with van der Waals surface area (Å²) in [5.41, 5.74) is 3.17. The minimum absolute atomic E-state index is 0. The summed E-state index contributed by atoms with van der Waals surface area (Å²) in [5.74, 6) is -0.183. The van der Waals surface area contributed by atoms with Gasteiger partial charge in [-0.25, -0.2) is 10.4 Å². The van der Waals surface area contributed by atoms with Gasteiger partial charge in [-0.2, -0.15) is 9.67 Å². The number of hydrogen-bond donors (Lipinski definition) is 2. The summed E-state index contributed by atoms with van der Waals surface area (Å²) in [6.45, 7) is 0.237. The van der Waals surface area contributed by atoms with E-state index in [4.69, 9.17) is 0 Å². The van der Waals surface area contributed by atoms with Crippen molar-refractivity contribution in [1.29, 1.82) is 0 Å². The summed E-state index contributed by atoms with van der Waals surface area (Å²) < 4.78 is 1.76. The number of nitrogens with zero attached hydrogens (tertiary/aromatic N) is 3. The summed E-state index contributed by atoms with van der Waals surface area (Å²) in [5, 5.41) is 3.80. The summed E-state index contributed by atoms with van der Waals surface area (Å²) in [7, 11) is 0. The number of amides is 1. The summed E-state index contributed by atoms with van der Waals surface area (Å²) >= 11 is 0. The van der Waals surface area contributed by atoms with E-state index in [1.165, 1.54) is 6.21 Å². The average molecular weight is 266 g/mol. The number of rotatable bonds is 4. The maximum Gasteiger partial charge on any atom is 0.305 e. The highest BCUT2D eigenvalue weighted by molar-refractivity contribution is 5.79. The van der Waals surface area contributed by atoms with Crippen LogP contribution in [0, 0.1) is 0 Å². The predicted molar refractivity (Wildman–Crippen MR) is 61.0 cm³/mol. The molecule has 2 heterocycles. The zero-order valence-corrected chi connectivity index (χ0v) is 10.2. The molecule has 2 aromatic heterocycles. The van der Waals surface area contributed by atoms with Crippen molar-refractivity contribution < 1.29 is 21.8 Å². The normalized spacial score (nSPS) is 10.0. The van der Waals surface area contributed by atoms with E-state index in [0.717, 1.165) is 5.69 Å². The molecule has 2 aromatic rings. The molecule has 0 saturated carbocycles. The van der Waals surface area contributed by atoms with E-state index >= 15 is 0 Å². The topological polar surface area (TPSA) is 74.0 Å². The number of carbonyl (C=O) groups is 1. The Morgan fingerprint density at radius 1 is 1.44 bits per heavy atom. The van der Waals surface area contributed by atoms with Gasteiger partial charge < -0.3 is 17.4 Å². The van der Waals surface area contributed by atoms with Crippen molar-refractivity contribution in [3.8, 4) is 0 Å². The van der Waals surface area contributed by atoms with Crippen molar-refractivity contribution >= 4 is 12.1 Å². The van der Waals surface area contributed by atoms with Crippen molar-refractivity contribution in [2.45, 2.75) is 6.54 Å². The van der Waals surface area contributed by atoms with Crippen molar-refractivity contribution in [3.63, 3.8) is 0 Å². The lowest BCUT2D eigenvalue weighted by atomic mass is 10.4. The Hall–Kier alpha value is -2.21. The van der Waals surface area contributed by atoms with Crippen LogP contribution in [0.15, 0.2) is 48.2 Å². The standard InChI is InChI=1S/C11H11N5O.ClH/c17-11(8-16-4-2-1-3-5-16)15-14-7-10-6-12-9-13-10;/h1-7,9H,8H2,(H-,12,13,14,15,17);1H. The Bertz CT molecular complexity index is 497. The number of halogens is 1. The van der Waals surface area contributed by atoms with E-state index in [1.54, 1.807) is 17.1 Å². The highest BCUT2D eigenvalue weighted by Crippen LogP contribution is 1.83. The van der Waals surface area contributed by atoms with E-state index in [1.807, 2.05) is 30.6 Å². The van der Waals surface area contributed by atoms with E-state index in [-0.39, 0.29) is 24.9 Å². The van der Waals surface area contributed by atoms with E-state index < -0.39 is 0 Å². The number of pyridine rings is 1. The first-order chi connectivity index (χ1) is 8.34. The van der Waals surface area contributed by atoms with Gasteiger partial charge in [-0.1, -0.05) is 6.07 Å².